The summed E-state index contributed by atoms with van der Waals surface area (Å²) in [5.74, 6) is -1.15. The number of ether oxygens (including phenoxy) is 1. The van der Waals surface area contributed by atoms with Crippen molar-refractivity contribution in [1.82, 2.24) is 14.8 Å². The molecular formula is C15H14N4O4S. The molecule has 1 aliphatic rings. The van der Waals surface area contributed by atoms with E-state index in [2.05, 4.69) is 20.1 Å². The third-order valence-corrected chi connectivity index (χ3v) is 4.07. The van der Waals surface area contributed by atoms with Crippen LogP contribution < -0.4 is 5.32 Å². The van der Waals surface area contributed by atoms with Gasteiger partial charge in [0.25, 0.3) is 0 Å². The lowest BCUT2D eigenvalue weighted by Crippen LogP contribution is -2.24. The van der Waals surface area contributed by atoms with E-state index in [0.717, 1.165) is 5.56 Å². The van der Waals surface area contributed by atoms with Gasteiger partial charge < -0.3 is 15.2 Å². The Morgan fingerprint density at radius 1 is 1.33 bits per heavy atom. The molecule has 2 heterocycles. The maximum atomic E-state index is 11.5. The molecule has 0 saturated heterocycles. The van der Waals surface area contributed by atoms with E-state index in [0.29, 0.717) is 16.7 Å². The van der Waals surface area contributed by atoms with Crippen molar-refractivity contribution in [3.05, 3.63) is 47.2 Å². The molecule has 1 aromatic carbocycles. The van der Waals surface area contributed by atoms with Crippen molar-refractivity contribution in [3.63, 3.8) is 0 Å². The van der Waals surface area contributed by atoms with Crippen molar-refractivity contribution in [2.75, 3.05) is 18.7 Å². The summed E-state index contributed by atoms with van der Waals surface area (Å²) in [6.45, 7) is 0. The van der Waals surface area contributed by atoms with E-state index in [4.69, 9.17) is 0 Å². The number of carbonyl (C=O) groups is 2. The smallest absolute Gasteiger partial charge is 0.352 e. The molecule has 2 N–H and O–H groups in total. The number of benzene rings is 1. The molecule has 124 valence electrons. The summed E-state index contributed by atoms with van der Waals surface area (Å²) in [4.78, 5) is 27.1. The molecule has 1 atom stereocenters. The molecule has 0 amide bonds. The fourth-order valence-electron chi connectivity index (χ4n) is 2.36. The highest BCUT2D eigenvalue weighted by molar-refractivity contribution is 7.98. The van der Waals surface area contributed by atoms with Gasteiger partial charge in [-0.1, -0.05) is 23.9 Å². The van der Waals surface area contributed by atoms with Crippen LogP contribution in [0, 0.1) is 0 Å². The van der Waals surface area contributed by atoms with Crippen molar-refractivity contribution in [2.24, 2.45) is 0 Å². The Kier molecular flexibility index (Phi) is 4.26. The van der Waals surface area contributed by atoms with Gasteiger partial charge in [-0.15, -0.1) is 5.10 Å². The van der Waals surface area contributed by atoms with Gasteiger partial charge in [0.2, 0.25) is 11.1 Å². The van der Waals surface area contributed by atoms with Crippen LogP contribution in [0.25, 0.3) is 0 Å². The highest BCUT2D eigenvalue weighted by Gasteiger charge is 2.27. The summed E-state index contributed by atoms with van der Waals surface area (Å²) in [5, 5.41) is 16.9. The topological polar surface area (TPSA) is 106 Å². The van der Waals surface area contributed by atoms with Crippen molar-refractivity contribution in [3.8, 4) is 0 Å². The number of carbonyl (C=O) groups excluding carboxylic acids is 1. The molecule has 0 spiro atoms. The first-order chi connectivity index (χ1) is 11.5. The monoisotopic (exact) mass is 346 g/mol. The number of thioether (sulfide) groups is 1. The van der Waals surface area contributed by atoms with E-state index in [-0.39, 0.29) is 5.70 Å². The summed E-state index contributed by atoms with van der Waals surface area (Å²) in [6, 6.07) is 6.30. The van der Waals surface area contributed by atoms with Crippen LogP contribution in [0.15, 0.2) is 41.2 Å². The average molecular weight is 346 g/mol. The second kappa shape index (κ2) is 6.36. The van der Waals surface area contributed by atoms with Crippen LogP contribution in [-0.2, 0) is 9.53 Å². The summed E-state index contributed by atoms with van der Waals surface area (Å²) >= 11 is 1.36. The second-order valence-electron chi connectivity index (χ2n) is 4.94. The molecule has 0 bridgehead atoms. The fraction of sp³-hybridized carbons (Fsp3) is 0.200. The molecule has 8 nitrogen and oxygen atoms in total. The van der Waals surface area contributed by atoms with Crippen LogP contribution in [0.1, 0.15) is 22.0 Å². The number of esters is 1. The molecule has 0 radical (unpaired) electrons. The van der Waals surface area contributed by atoms with Crippen LogP contribution in [0.3, 0.4) is 0 Å². The molecule has 0 fully saturated rings. The number of methoxy groups -OCH3 is 1. The fourth-order valence-corrected chi connectivity index (χ4v) is 2.70. The van der Waals surface area contributed by atoms with Crippen molar-refractivity contribution >= 4 is 29.6 Å². The third-order valence-electron chi connectivity index (χ3n) is 3.53. The van der Waals surface area contributed by atoms with Crippen LogP contribution in [0.5, 0.6) is 0 Å². The van der Waals surface area contributed by atoms with Crippen LogP contribution in [-0.4, -0.2) is 45.2 Å². The SMILES string of the molecule is COC(=O)c1ccc([C@@H]2C=C(C(=O)O)Nc3nc(SC)nn32)cc1. The molecule has 3 rings (SSSR count). The number of aliphatic carboxylic acids is 1. The van der Waals surface area contributed by atoms with Crippen LogP contribution >= 0.6 is 11.8 Å². The summed E-state index contributed by atoms with van der Waals surface area (Å²) in [7, 11) is 1.32. The molecule has 0 saturated carbocycles. The minimum absolute atomic E-state index is 0.0320. The summed E-state index contributed by atoms with van der Waals surface area (Å²) in [6.07, 6.45) is 3.40. The summed E-state index contributed by atoms with van der Waals surface area (Å²) in [5.41, 5.74) is 1.23. The van der Waals surface area contributed by atoms with Crippen molar-refractivity contribution in [2.45, 2.75) is 11.2 Å². The van der Waals surface area contributed by atoms with Gasteiger partial charge in [0.05, 0.1) is 12.7 Å². The van der Waals surface area contributed by atoms with Gasteiger partial charge >= 0.3 is 11.9 Å². The average Bonchev–Trinajstić information content (AvgIpc) is 3.03. The van der Waals surface area contributed by atoms with Crippen molar-refractivity contribution < 1.29 is 19.4 Å². The number of nitrogens with one attached hydrogen (secondary N) is 1. The van der Waals surface area contributed by atoms with Crippen LogP contribution in [0.4, 0.5) is 5.95 Å². The van der Waals surface area contributed by atoms with Gasteiger partial charge in [-0.3, -0.25) is 0 Å². The lowest BCUT2D eigenvalue weighted by molar-refractivity contribution is -0.132. The minimum Gasteiger partial charge on any atom is -0.477 e. The number of carboxylic acids is 1. The predicted octanol–water partition coefficient (Wildman–Crippen LogP) is 1.77. The maximum Gasteiger partial charge on any atom is 0.352 e. The molecule has 0 unspecified atom stereocenters. The zero-order valence-electron chi connectivity index (χ0n) is 12.9. The van der Waals surface area contributed by atoms with E-state index in [1.807, 2.05) is 6.26 Å². The quantitative estimate of drug-likeness (QED) is 0.637. The standard InChI is InChI=1S/C15H14N4O4S/c1-23-13(22)9-5-3-8(4-6-9)11-7-10(12(20)21)16-14-17-15(24-2)18-19(11)14/h3-7,11H,1-2H3,(H,20,21)(H,16,17,18)/t11-/m0/s1. The first-order valence-electron chi connectivity index (χ1n) is 6.94. The maximum absolute atomic E-state index is 11.5. The van der Waals surface area contributed by atoms with Crippen molar-refractivity contribution in [1.29, 1.82) is 0 Å². The Morgan fingerprint density at radius 2 is 2.04 bits per heavy atom. The zero-order valence-corrected chi connectivity index (χ0v) is 13.7. The lowest BCUT2D eigenvalue weighted by atomic mass is 10.0. The van der Waals surface area contributed by atoms with E-state index in [1.54, 1.807) is 35.0 Å². The first kappa shape index (κ1) is 16.1. The number of nitrogens with zero attached hydrogens (tertiary/aromatic N) is 3. The summed E-state index contributed by atoms with van der Waals surface area (Å²) < 4.78 is 6.29. The Morgan fingerprint density at radius 3 is 2.62 bits per heavy atom. The number of anilines is 1. The van der Waals surface area contributed by atoms with E-state index in [1.165, 1.54) is 18.9 Å². The van der Waals surface area contributed by atoms with Gasteiger partial charge in [0, 0.05) is 0 Å². The molecule has 0 aliphatic carbocycles. The molecule has 24 heavy (non-hydrogen) atoms. The molecule has 1 aliphatic heterocycles. The second-order valence-corrected chi connectivity index (χ2v) is 5.71. The number of allylic oxidation sites excluding steroid dienone is 1. The van der Waals surface area contributed by atoms with Gasteiger partial charge in [-0.2, -0.15) is 4.98 Å². The van der Waals surface area contributed by atoms with E-state index >= 15 is 0 Å². The Labute approximate surface area is 141 Å². The number of hydrogen-bond acceptors (Lipinski definition) is 7. The highest BCUT2D eigenvalue weighted by atomic mass is 32.2. The zero-order chi connectivity index (χ0) is 17.3. The normalized spacial score (nSPS) is 15.9. The molecule has 1 aromatic heterocycles. The number of aromatic nitrogens is 3. The third kappa shape index (κ3) is 2.85. The largest absolute Gasteiger partial charge is 0.477 e. The predicted molar refractivity (Wildman–Crippen MR) is 87.1 cm³/mol. The number of hydrogen-bond donors (Lipinski definition) is 2. The number of carboxylic acid groups (broad SMARTS) is 1. The van der Waals surface area contributed by atoms with Gasteiger partial charge in [0.15, 0.2) is 0 Å². The van der Waals surface area contributed by atoms with Gasteiger partial charge in [-0.25, -0.2) is 14.3 Å². The first-order valence-corrected chi connectivity index (χ1v) is 8.17. The van der Waals surface area contributed by atoms with Gasteiger partial charge in [0.1, 0.15) is 11.7 Å². The lowest BCUT2D eigenvalue weighted by Gasteiger charge is -2.22. The highest BCUT2D eigenvalue weighted by Crippen LogP contribution is 2.30. The Bertz CT molecular complexity index is 828. The number of fused-ring (bicyclic) bond motifs is 1. The molecule has 9 heteroatoms. The van der Waals surface area contributed by atoms with E-state index in [9.17, 15) is 14.7 Å². The number of rotatable bonds is 4. The van der Waals surface area contributed by atoms with Crippen LogP contribution in [0.2, 0.25) is 0 Å². The minimum atomic E-state index is -1.08. The molecule has 2 aromatic rings. The van der Waals surface area contributed by atoms with E-state index < -0.39 is 18.0 Å². The molecular weight excluding hydrogens is 332 g/mol. The Balaban J connectivity index is 2.03. The Hall–Kier alpha value is -2.81. The van der Waals surface area contributed by atoms with Gasteiger partial charge in [-0.05, 0) is 30.0 Å².